The van der Waals surface area contributed by atoms with Crippen LogP contribution >= 0.6 is 0 Å². The first-order valence-electron chi connectivity index (χ1n) is 15.5. The highest BCUT2D eigenvalue weighted by Crippen LogP contribution is 2.29. The topological polar surface area (TPSA) is 113 Å². The van der Waals surface area contributed by atoms with Crippen LogP contribution in [0.3, 0.4) is 0 Å². The van der Waals surface area contributed by atoms with E-state index in [0.717, 1.165) is 24.8 Å². The molecule has 10 nitrogen and oxygen atoms in total. The van der Waals surface area contributed by atoms with Crippen LogP contribution < -0.4 is 10.6 Å². The summed E-state index contributed by atoms with van der Waals surface area (Å²) in [7, 11) is 6.84. The Hall–Kier alpha value is -2.56. The van der Waals surface area contributed by atoms with Crippen LogP contribution in [0.25, 0.3) is 0 Å². The summed E-state index contributed by atoms with van der Waals surface area (Å²) in [6.07, 6.45) is 5.89. The first-order chi connectivity index (χ1) is 20.0. The zero-order chi connectivity index (χ0) is 31.4. The van der Waals surface area contributed by atoms with Gasteiger partial charge in [-0.1, -0.05) is 41.0 Å². The molecule has 10 heteroatoms. The molecule has 1 aliphatic heterocycles. The van der Waals surface area contributed by atoms with Gasteiger partial charge in [0.05, 0.1) is 42.7 Å². The summed E-state index contributed by atoms with van der Waals surface area (Å²) in [5.74, 6) is -0.328. The third-order valence-corrected chi connectivity index (χ3v) is 8.96. The van der Waals surface area contributed by atoms with Crippen molar-refractivity contribution in [1.82, 2.24) is 25.4 Å². The van der Waals surface area contributed by atoms with Gasteiger partial charge in [0.1, 0.15) is 0 Å². The maximum absolute atomic E-state index is 13.8. The van der Waals surface area contributed by atoms with Gasteiger partial charge in [-0.3, -0.25) is 19.4 Å². The minimum atomic E-state index is -0.470. The van der Waals surface area contributed by atoms with E-state index in [4.69, 9.17) is 9.47 Å². The lowest BCUT2D eigenvalue weighted by atomic mass is 9.89. The fraction of sp³-hybridized carbons (Fsp3) is 0.750. The highest BCUT2D eigenvalue weighted by Gasteiger charge is 2.42. The molecule has 2 N–H and O–H groups in total. The molecule has 0 bridgehead atoms. The molecule has 1 aromatic heterocycles. The van der Waals surface area contributed by atoms with E-state index in [1.165, 1.54) is 0 Å². The van der Waals surface area contributed by atoms with Crippen LogP contribution in [0.2, 0.25) is 0 Å². The Balaban J connectivity index is 2.13. The quantitative estimate of drug-likeness (QED) is 0.287. The number of likely N-dealkylation sites (tertiary alicyclic amines) is 1. The molecule has 0 saturated carbocycles. The van der Waals surface area contributed by atoms with Gasteiger partial charge < -0.3 is 29.9 Å². The third kappa shape index (κ3) is 9.22. The summed E-state index contributed by atoms with van der Waals surface area (Å²) in [6.45, 7) is 11.2. The Morgan fingerprint density at radius 2 is 1.79 bits per heavy atom. The first-order valence-corrected chi connectivity index (χ1v) is 15.5. The average molecular weight is 590 g/mol. The zero-order valence-corrected chi connectivity index (χ0v) is 27.3. The molecule has 2 heterocycles. The summed E-state index contributed by atoms with van der Waals surface area (Å²) in [5.41, 5.74) is 1.11. The Kier molecular flexibility index (Phi) is 14.9. The van der Waals surface area contributed by atoms with E-state index >= 15 is 0 Å². The van der Waals surface area contributed by atoms with Gasteiger partial charge in [0.2, 0.25) is 17.7 Å². The molecule has 238 valence electrons. The molecular formula is C32H55N5O5. The minimum Gasteiger partial charge on any atom is -0.379 e. The van der Waals surface area contributed by atoms with E-state index < -0.39 is 18.1 Å². The highest BCUT2D eigenvalue weighted by molar-refractivity contribution is 5.83. The summed E-state index contributed by atoms with van der Waals surface area (Å²) < 4.78 is 11.8. The van der Waals surface area contributed by atoms with Crippen molar-refractivity contribution in [3.63, 3.8) is 0 Å². The number of rotatable bonds is 17. The smallest absolute Gasteiger partial charge is 0.240 e. The minimum absolute atomic E-state index is 0.00503. The Morgan fingerprint density at radius 1 is 1.12 bits per heavy atom. The summed E-state index contributed by atoms with van der Waals surface area (Å²) >= 11 is 0. The standard InChI is InChI=1S/C32H55N5O5/c1-10-22(4)29(36(7)32(40)28(33-6)21(2)3)26(41-8)20-27(38)37-19-11-12-25(37)30(42-9)23(5)31(39)35-18-15-24-13-16-34-17-14-24/h13-14,16-17,21-23,25-26,28-30,33H,10-12,15,18-20H2,1-9H3,(H,35,39)/t22-,23+,25-,26+,28-,29?,30+/m0/s1. The lowest BCUT2D eigenvalue weighted by molar-refractivity contribution is -0.147. The van der Waals surface area contributed by atoms with Crippen LogP contribution in [0.1, 0.15) is 65.9 Å². The molecule has 42 heavy (non-hydrogen) atoms. The first kappa shape index (κ1) is 35.6. The lowest BCUT2D eigenvalue weighted by Gasteiger charge is -2.40. The van der Waals surface area contributed by atoms with Crippen molar-refractivity contribution in [1.29, 1.82) is 0 Å². The molecular weight excluding hydrogens is 534 g/mol. The van der Waals surface area contributed by atoms with Gasteiger partial charge in [-0.15, -0.1) is 0 Å². The number of nitrogens with one attached hydrogen (secondary N) is 2. The van der Waals surface area contributed by atoms with Gasteiger partial charge >= 0.3 is 0 Å². The molecule has 1 unspecified atom stereocenters. The Bertz CT molecular complexity index is 977. The number of hydrogen-bond donors (Lipinski definition) is 2. The van der Waals surface area contributed by atoms with Crippen LogP contribution in [-0.4, -0.2) is 104 Å². The average Bonchev–Trinajstić information content (AvgIpc) is 3.47. The molecule has 0 radical (unpaired) electrons. The van der Waals surface area contributed by atoms with Crippen molar-refractivity contribution in [2.24, 2.45) is 17.8 Å². The number of hydrogen-bond acceptors (Lipinski definition) is 7. The molecule has 1 saturated heterocycles. The molecule has 0 aliphatic carbocycles. The van der Waals surface area contributed by atoms with Crippen molar-refractivity contribution in [2.45, 2.75) is 97.1 Å². The van der Waals surface area contributed by atoms with Gasteiger partial charge in [0.25, 0.3) is 0 Å². The number of amides is 3. The largest absolute Gasteiger partial charge is 0.379 e. The Labute approximate surface area is 253 Å². The van der Waals surface area contributed by atoms with Crippen LogP contribution in [0.5, 0.6) is 0 Å². The molecule has 1 fully saturated rings. The van der Waals surface area contributed by atoms with Crippen molar-refractivity contribution in [3.05, 3.63) is 30.1 Å². The summed E-state index contributed by atoms with van der Waals surface area (Å²) in [5, 5.41) is 6.17. The second-order valence-corrected chi connectivity index (χ2v) is 12.0. The maximum atomic E-state index is 13.8. The SMILES string of the molecule is CC[C@H](C)C([C@@H](CC(=O)N1CCC[C@H]1[C@H](OC)[C@@H](C)C(=O)NCCc1ccncc1)OC)N(C)C(=O)[C@@H](NC)C(C)C. The predicted molar refractivity (Wildman–Crippen MR) is 165 cm³/mol. The van der Waals surface area contributed by atoms with Gasteiger partial charge in [-0.2, -0.15) is 0 Å². The maximum Gasteiger partial charge on any atom is 0.240 e. The van der Waals surface area contributed by atoms with Gasteiger partial charge in [-0.25, -0.2) is 0 Å². The van der Waals surface area contributed by atoms with E-state index in [2.05, 4.69) is 29.5 Å². The number of aromatic nitrogens is 1. The lowest BCUT2D eigenvalue weighted by Crippen LogP contribution is -2.56. The van der Waals surface area contributed by atoms with Crippen LogP contribution in [0.15, 0.2) is 24.5 Å². The molecule has 0 aromatic carbocycles. The van der Waals surface area contributed by atoms with Gasteiger partial charge in [0, 0.05) is 46.8 Å². The fourth-order valence-electron chi connectivity index (χ4n) is 6.31. The fourth-order valence-corrected chi connectivity index (χ4v) is 6.31. The van der Waals surface area contributed by atoms with Gasteiger partial charge in [-0.05, 0) is 55.8 Å². The number of carbonyl (C=O) groups excluding carboxylic acids is 3. The second kappa shape index (κ2) is 17.5. The van der Waals surface area contributed by atoms with E-state index in [-0.39, 0.29) is 54.1 Å². The Morgan fingerprint density at radius 3 is 2.33 bits per heavy atom. The van der Waals surface area contributed by atoms with Crippen molar-refractivity contribution in [3.8, 4) is 0 Å². The molecule has 1 aliphatic rings. The number of nitrogens with zero attached hydrogens (tertiary/aromatic N) is 3. The number of ether oxygens (including phenoxy) is 2. The van der Waals surface area contributed by atoms with E-state index in [1.807, 2.05) is 44.9 Å². The van der Waals surface area contributed by atoms with E-state index in [9.17, 15) is 14.4 Å². The second-order valence-electron chi connectivity index (χ2n) is 12.0. The summed E-state index contributed by atoms with van der Waals surface area (Å²) in [6, 6.07) is 3.07. The predicted octanol–water partition coefficient (Wildman–Crippen LogP) is 2.90. The van der Waals surface area contributed by atoms with Crippen LogP contribution in [-0.2, 0) is 30.3 Å². The van der Waals surface area contributed by atoms with Crippen molar-refractivity contribution >= 4 is 17.7 Å². The number of carbonyl (C=O) groups is 3. The number of methoxy groups -OCH3 is 2. The molecule has 2 rings (SSSR count). The monoisotopic (exact) mass is 589 g/mol. The molecule has 1 aromatic rings. The van der Waals surface area contributed by atoms with Crippen LogP contribution in [0.4, 0.5) is 0 Å². The third-order valence-electron chi connectivity index (χ3n) is 8.96. The molecule has 7 atom stereocenters. The van der Waals surface area contributed by atoms with Crippen molar-refractivity contribution < 1.29 is 23.9 Å². The number of likely N-dealkylation sites (N-methyl/N-ethyl adjacent to an activating group) is 2. The summed E-state index contributed by atoms with van der Waals surface area (Å²) in [4.78, 5) is 48.1. The van der Waals surface area contributed by atoms with Gasteiger partial charge in [0.15, 0.2) is 0 Å². The number of pyridine rings is 1. The molecule has 0 spiro atoms. The highest BCUT2D eigenvalue weighted by atomic mass is 16.5. The van der Waals surface area contributed by atoms with Crippen LogP contribution in [0, 0.1) is 17.8 Å². The normalized spacial score (nSPS) is 19.6. The molecule has 3 amide bonds. The zero-order valence-electron chi connectivity index (χ0n) is 27.3. The van der Waals surface area contributed by atoms with E-state index in [1.54, 1.807) is 38.6 Å². The van der Waals surface area contributed by atoms with E-state index in [0.29, 0.717) is 19.5 Å². The van der Waals surface area contributed by atoms with Crippen molar-refractivity contribution in [2.75, 3.05) is 41.4 Å².